The van der Waals surface area contributed by atoms with Crippen molar-refractivity contribution in [2.75, 3.05) is 6.54 Å². The van der Waals surface area contributed by atoms with Gasteiger partial charge in [0.25, 0.3) is 0 Å². The first-order valence-corrected chi connectivity index (χ1v) is 7.63. The molecule has 5 unspecified atom stereocenters. The molecule has 2 saturated heterocycles. The molecule has 2 aliphatic heterocycles. The third-order valence-electron chi connectivity index (χ3n) is 4.57. The number of rotatable bonds is 7. The number of ether oxygens (including phenoxy) is 1. The lowest BCUT2D eigenvalue weighted by Gasteiger charge is -2.31. The molecule has 1 N–H and O–H groups in total. The number of nitrogens with one attached hydrogen (secondary N) is 1. The summed E-state index contributed by atoms with van der Waals surface area (Å²) in [7, 11) is 0. The van der Waals surface area contributed by atoms with Crippen LogP contribution < -0.4 is 5.32 Å². The molecule has 0 aromatic rings. The second kappa shape index (κ2) is 6.19. The van der Waals surface area contributed by atoms with Gasteiger partial charge in [-0.15, -0.1) is 0 Å². The van der Waals surface area contributed by atoms with Gasteiger partial charge in [0.1, 0.15) is 0 Å². The molecule has 100 valence electrons. The summed E-state index contributed by atoms with van der Waals surface area (Å²) in [4.78, 5) is 0. The van der Waals surface area contributed by atoms with Crippen molar-refractivity contribution >= 4 is 0 Å². The lowest BCUT2D eigenvalue weighted by atomic mass is 9.80. The molecule has 2 bridgehead atoms. The Balaban J connectivity index is 1.88. The summed E-state index contributed by atoms with van der Waals surface area (Å²) in [5.74, 6) is 1.64. The molecule has 0 radical (unpaired) electrons. The van der Waals surface area contributed by atoms with Gasteiger partial charge in [-0.2, -0.15) is 0 Å². The predicted molar refractivity (Wildman–Crippen MR) is 72.2 cm³/mol. The fraction of sp³-hybridized carbons (Fsp3) is 1.00. The predicted octanol–water partition coefficient (Wildman–Crippen LogP) is 3.36. The van der Waals surface area contributed by atoms with Crippen molar-refractivity contribution in [1.29, 1.82) is 0 Å². The fourth-order valence-electron chi connectivity index (χ4n) is 3.82. The Labute approximate surface area is 107 Å². The van der Waals surface area contributed by atoms with E-state index in [9.17, 15) is 0 Å². The summed E-state index contributed by atoms with van der Waals surface area (Å²) < 4.78 is 6.01. The average Bonchev–Trinajstić information content (AvgIpc) is 2.90. The summed E-state index contributed by atoms with van der Waals surface area (Å²) >= 11 is 0. The van der Waals surface area contributed by atoms with Gasteiger partial charge in [0.05, 0.1) is 12.2 Å². The second-order valence-corrected chi connectivity index (χ2v) is 6.07. The van der Waals surface area contributed by atoms with Gasteiger partial charge in [-0.1, -0.05) is 33.6 Å². The van der Waals surface area contributed by atoms with Crippen molar-refractivity contribution in [2.24, 2.45) is 11.8 Å². The zero-order valence-electron chi connectivity index (χ0n) is 11.7. The minimum absolute atomic E-state index is 0.567. The molecule has 17 heavy (non-hydrogen) atoms. The molecule has 2 aliphatic rings. The first kappa shape index (κ1) is 13.4. The summed E-state index contributed by atoms with van der Waals surface area (Å²) in [6.07, 6.45) is 9.09. The topological polar surface area (TPSA) is 21.3 Å². The van der Waals surface area contributed by atoms with Crippen LogP contribution in [0.15, 0.2) is 0 Å². The smallest absolute Gasteiger partial charge is 0.0623 e. The van der Waals surface area contributed by atoms with Gasteiger partial charge < -0.3 is 10.1 Å². The molecule has 0 spiro atoms. The molecule has 2 fully saturated rings. The van der Waals surface area contributed by atoms with Crippen LogP contribution in [0.2, 0.25) is 0 Å². The Morgan fingerprint density at radius 1 is 1.29 bits per heavy atom. The Morgan fingerprint density at radius 2 is 2.12 bits per heavy atom. The van der Waals surface area contributed by atoms with E-state index in [2.05, 4.69) is 26.1 Å². The first-order chi connectivity index (χ1) is 8.24. The molecular weight excluding hydrogens is 210 g/mol. The van der Waals surface area contributed by atoms with E-state index in [0.29, 0.717) is 18.2 Å². The molecule has 0 amide bonds. The first-order valence-electron chi connectivity index (χ1n) is 7.63. The van der Waals surface area contributed by atoms with Gasteiger partial charge in [0, 0.05) is 12.0 Å². The van der Waals surface area contributed by atoms with E-state index < -0.39 is 0 Å². The van der Waals surface area contributed by atoms with E-state index in [1.54, 1.807) is 0 Å². The highest BCUT2D eigenvalue weighted by atomic mass is 16.5. The van der Waals surface area contributed by atoms with Crippen molar-refractivity contribution in [3.05, 3.63) is 0 Å². The van der Waals surface area contributed by atoms with Gasteiger partial charge in [0.2, 0.25) is 0 Å². The van der Waals surface area contributed by atoms with Gasteiger partial charge in [0.15, 0.2) is 0 Å². The summed E-state index contributed by atoms with van der Waals surface area (Å²) in [6, 6.07) is 0.692. The Hall–Kier alpha value is -0.0800. The summed E-state index contributed by atoms with van der Waals surface area (Å²) in [5.41, 5.74) is 0. The minimum Gasteiger partial charge on any atom is -0.375 e. The normalized spacial score (nSPS) is 35.1. The number of hydrogen-bond acceptors (Lipinski definition) is 2. The van der Waals surface area contributed by atoms with Crippen LogP contribution in [0.4, 0.5) is 0 Å². The molecule has 0 saturated carbocycles. The zero-order chi connectivity index (χ0) is 12.3. The Kier molecular flexibility index (Phi) is 4.87. The van der Waals surface area contributed by atoms with Crippen LogP contribution in [-0.4, -0.2) is 24.8 Å². The summed E-state index contributed by atoms with van der Waals surface area (Å²) in [5, 5.41) is 3.72. The summed E-state index contributed by atoms with van der Waals surface area (Å²) in [6.45, 7) is 8.02. The zero-order valence-corrected chi connectivity index (χ0v) is 11.7. The molecule has 2 nitrogen and oxygen atoms in total. The van der Waals surface area contributed by atoms with E-state index in [4.69, 9.17) is 4.74 Å². The maximum Gasteiger partial charge on any atom is 0.0623 e. The van der Waals surface area contributed by atoms with E-state index in [-0.39, 0.29) is 0 Å². The largest absolute Gasteiger partial charge is 0.375 e. The fourth-order valence-corrected chi connectivity index (χ4v) is 3.82. The molecule has 2 heterocycles. The molecule has 5 atom stereocenters. The van der Waals surface area contributed by atoms with Crippen LogP contribution in [0.25, 0.3) is 0 Å². The van der Waals surface area contributed by atoms with Gasteiger partial charge >= 0.3 is 0 Å². The van der Waals surface area contributed by atoms with Crippen molar-refractivity contribution in [3.63, 3.8) is 0 Å². The molecule has 0 aliphatic carbocycles. The Morgan fingerprint density at radius 3 is 2.65 bits per heavy atom. The Bertz CT molecular complexity index is 231. The monoisotopic (exact) mass is 239 g/mol. The van der Waals surface area contributed by atoms with E-state index >= 15 is 0 Å². The van der Waals surface area contributed by atoms with Crippen LogP contribution in [0.1, 0.15) is 59.3 Å². The van der Waals surface area contributed by atoms with E-state index in [0.717, 1.165) is 18.4 Å². The van der Waals surface area contributed by atoms with Crippen molar-refractivity contribution in [2.45, 2.75) is 77.5 Å². The number of hydrogen-bond donors (Lipinski definition) is 1. The highest BCUT2D eigenvalue weighted by Crippen LogP contribution is 2.41. The molecule has 0 aromatic carbocycles. The highest BCUT2D eigenvalue weighted by molar-refractivity contribution is 4.95. The lowest BCUT2D eigenvalue weighted by Crippen LogP contribution is -2.41. The van der Waals surface area contributed by atoms with Crippen LogP contribution in [0, 0.1) is 11.8 Å². The van der Waals surface area contributed by atoms with Crippen molar-refractivity contribution < 1.29 is 4.74 Å². The molecular formula is C15H29NO. The maximum atomic E-state index is 6.01. The van der Waals surface area contributed by atoms with Crippen molar-refractivity contribution in [3.8, 4) is 0 Å². The maximum absolute atomic E-state index is 6.01. The molecule has 0 aromatic heterocycles. The van der Waals surface area contributed by atoms with Crippen LogP contribution in [0.5, 0.6) is 0 Å². The molecule has 2 rings (SSSR count). The molecule has 2 heteroatoms. The number of fused-ring (bicyclic) bond motifs is 2. The van der Waals surface area contributed by atoms with Gasteiger partial charge in [-0.25, -0.2) is 0 Å². The minimum atomic E-state index is 0.567. The SMILES string of the molecule is CCCC(C)CC(NCC)C1CC2CCC1O2. The van der Waals surface area contributed by atoms with Crippen LogP contribution in [-0.2, 0) is 4.74 Å². The average molecular weight is 239 g/mol. The van der Waals surface area contributed by atoms with Gasteiger partial charge in [-0.3, -0.25) is 0 Å². The van der Waals surface area contributed by atoms with Crippen LogP contribution in [0.3, 0.4) is 0 Å². The van der Waals surface area contributed by atoms with E-state index in [1.165, 1.54) is 38.5 Å². The van der Waals surface area contributed by atoms with Gasteiger partial charge in [-0.05, 0) is 38.1 Å². The van der Waals surface area contributed by atoms with Crippen molar-refractivity contribution in [1.82, 2.24) is 5.32 Å². The van der Waals surface area contributed by atoms with Crippen LogP contribution >= 0.6 is 0 Å². The quantitative estimate of drug-likeness (QED) is 0.735. The highest BCUT2D eigenvalue weighted by Gasteiger charge is 2.44. The second-order valence-electron chi connectivity index (χ2n) is 6.07. The standard InChI is InChI=1S/C15H29NO/c1-4-6-11(3)9-14(16-5-2)13-10-12-7-8-15(13)17-12/h11-16H,4-10H2,1-3H3. The third-order valence-corrected chi connectivity index (χ3v) is 4.57. The lowest BCUT2D eigenvalue weighted by molar-refractivity contribution is 0.0835. The third kappa shape index (κ3) is 3.23. The van der Waals surface area contributed by atoms with E-state index in [1.807, 2.05) is 0 Å².